The van der Waals surface area contributed by atoms with Crippen molar-refractivity contribution in [2.75, 3.05) is 24.5 Å². The lowest BCUT2D eigenvalue weighted by Gasteiger charge is -2.42. The van der Waals surface area contributed by atoms with E-state index in [-0.39, 0.29) is 29.1 Å². The van der Waals surface area contributed by atoms with Gasteiger partial charge in [0.05, 0.1) is 23.5 Å². The molecule has 1 saturated heterocycles. The molecule has 0 aliphatic carbocycles. The number of hydrogen-bond donors (Lipinski definition) is 0. The molecule has 1 atom stereocenters. The lowest BCUT2D eigenvalue weighted by Crippen LogP contribution is -2.53. The molecule has 42 heavy (non-hydrogen) atoms. The Bertz CT molecular complexity index is 1900. The number of fused-ring (bicyclic) bond motifs is 1. The minimum absolute atomic E-state index is 0.00574. The Morgan fingerprint density at radius 3 is 2.52 bits per heavy atom. The molecule has 2 aromatic heterocycles. The van der Waals surface area contributed by atoms with Crippen LogP contribution in [0.2, 0.25) is 5.02 Å². The van der Waals surface area contributed by atoms with E-state index in [9.17, 15) is 14.4 Å². The average molecular weight is 582 g/mol. The third-order valence-corrected chi connectivity index (χ3v) is 8.25. The zero-order valence-corrected chi connectivity index (χ0v) is 24.9. The van der Waals surface area contributed by atoms with Crippen molar-refractivity contribution < 1.29 is 4.79 Å². The second kappa shape index (κ2) is 11.3. The highest BCUT2D eigenvalue weighted by Gasteiger charge is 2.31. The largest absolute Gasteiger partial charge is 0.373 e. The van der Waals surface area contributed by atoms with Crippen LogP contribution < -0.4 is 16.0 Å². The number of carbonyl (C=O) groups excluding carboxylic acids is 1. The van der Waals surface area contributed by atoms with E-state index in [4.69, 9.17) is 18.2 Å². The summed E-state index contributed by atoms with van der Waals surface area (Å²) in [6.07, 6.45) is 2.98. The lowest BCUT2D eigenvalue weighted by molar-refractivity contribution is -0.126. The molecule has 214 valence electrons. The number of rotatable bonds is 5. The van der Waals surface area contributed by atoms with Gasteiger partial charge in [-0.25, -0.2) is 4.85 Å². The van der Waals surface area contributed by atoms with Gasteiger partial charge in [0, 0.05) is 61.0 Å². The molecule has 0 unspecified atom stereocenters. The zero-order chi connectivity index (χ0) is 30.3. The summed E-state index contributed by atoms with van der Waals surface area (Å²) in [5, 5.41) is 1.04. The quantitative estimate of drug-likeness (QED) is 0.217. The summed E-state index contributed by atoms with van der Waals surface area (Å²) in [5.74, 6) is -0.0437. The van der Waals surface area contributed by atoms with Crippen LogP contribution in [-0.4, -0.2) is 45.6 Å². The van der Waals surface area contributed by atoms with Crippen molar-refractivity contribution in [2.24, 2.45) is 7.05 Å². The van der Waals surface area contributed by atoms with Crippen molar-refractivity contribution in [3.63, 3.8) is 0 Å². The minimum atomic E-state index is -0.436. The first-order chi connectivity index (χ1) is 20.1. The van der Waals surface area contributed by atoms with E-state index in [2.05, 4.69) is 25.3 Å². The van der Waals surface area contributed by atoms with Crippen LogP contribution in [0.3, 0.4) is 0 Å². The summed E-state index contributed by atoms with van der Waals surface area (Å²) >= 11 is 6.92. The number of anilines is 1. The van der Waals surface area contributed by atoms with Crippen molar-refractivity contribution in [1.82, 2.24) is 14.0 Å². The van der Waals surface area contributed by atoms with Crippen LogP contribution in [0.25, 0.3) is 32.6 Å². The van der Waals surface area contributed by atoms with Crippen molar-refractivity contribution in [3.05, 3.63) is 110 Å². The Hall–Kier alpha value is -4.61. The van der Waals surface area contributed by atoms with E-state index in [1.54, 1.807) is 28.8 Å². The van der Waals surface area contributed by atoms with Gasteiger partial charge in [0.1, 0.15) is 0 Å². The third kappa shape index (κ3) is 4.90. The topological polar surface area (TPSA) is 71.9 Å². The fourth-order valence-electron chi connectivity index (χ4n) is 5.75. The van der Waals surface area contributed by atoms with Crippen LogP contribution >= 0.6 is 11.6 Å². The molecule has 3 heterocycles. The smallest absolute Gasteiger partial charge is 0.274 e. The van der Waals surface area contributed by atoms with Gasteiger partial charge in [-0.3, -0.25) is 19.0 Å². The summed E-state index contributed by atoms with van der Waals surface area (Å²) < 4.78 is 3.08. The van der Waals surface area contributed by atoms with Crippen LogP contribution in [0, 0.1) is 6.57 Å². The van der Waals surface area contributed by atoms with Gasteiger partial charge in [-0.05, 0) is 54.3 Å². The van der Waals surface area contributed by atoms with Crippen LogP contribution in [-0.2, 0) is 11.8 Å². The minimum Gasteiger partial charge on any atom is -0.373 e. The van der Waals surface area contributed by atoms with Crippen molar-refractivity contribution in [2.45, 2.75) is 32.7 Å². The maximum absolute atomic E-state index is 14.4. The van der Waals surface area contributed by atoms with E-state index >= 15 is 0 Å². The van der Waals surface area contributed by atoms with Crippen LogP contribution in [0.4, 0.5) is 11.4 Å². The molecule has 0 bridgehead atoms. The molecule has 0 N–H and O–H groups in total. The van der Waals surface area contributed by atoms with Crippen LogP contribution in [0.15, 0.2) is 77.0 Å². The van der Waals surface area contributed by atoms with Gasteiger partial charge in [0.15, 0.2) is 0 Å². The van der Waals surface area contributed by atoms with Gasteiger partial charge < -0.3 is 14.4 Å². The summed E-state index contributed by atoms with van der Waals surface area (Å²) in [6.45, 7) is 19.1. The molecular weight excluding hydrogens is 550 g/mol. The van der Waals surface area contributed by atoms with Gasteiger partial charge in [-0.2, -0.15) is 0 Å². The SMILES string of the molecule is [C-]#[N+]c1c(N2CCN(C(=O)C=C)C[C@@H]2C)c2cc(Cl)c(-c3ccn(C)c(=O)c3)cc2n(-c2ccccc2C(C)C)c1=O. The average Bonchev–Trinajstić information content (AvgIpc) is 2.97. The van der Waals surface area contributed by atoms with Crippen molar-refractivity contribution >= 4 is 39.8 Å². The maximum Gasteiger partial charge on any atom is 0.274 e. The lowest BCUT2D eigenvalue weighted by atomic mass is 9.98. The highest BCUT2D eigenvalue weighted by atomic mass is 35.5. The summed E-state index contributed by atoms with van der Waals surface area (Å²) in [4.78, 5) is 46.8. The Labute approximate surface area is 249 Å². The number of para-hydroxylation sites is 1. The molecule has 1 aliphatic rings. The number of piperazine rings is 1. The Morgan fingerprint density at radius 2 is 1.88 bits per heavy atom. The number of hydrogen-bond acceptors (Lipinski definition) is 4. The van der Waals surface area contributed by atoms with Gasteiger partial charge in [-0.1, -0.05) is 50.2 Å². The number of benzene rings is 2. The Kier molecular flexibility index (Phi) is 7.81. The number of carbonyl (C=O) groups is 1. The summed E-state index contributed by atoms with van der Waals surface area (Å²) in [7, 11) is 1.68. The highest BCUT2D eigenvalue weighted by molar-refractivity contribution is 6.34. The second-order valence-electron chi connectivity index (χ2n) is 10.9. The highest BCUT2D eigenvalue weighted by Crippen LogP contribution is 2.42. The third-order valence-electron chi connectivity index (χ3n) is 7.94. The first-order valence-corrected chi connectivity index (χ1v) is 14.2. The number of halogens is 1. The fourth-order valence-corrected chi connectivity index (χ4v) is 6.02. The molecule has 1 amide bonds. The van der Waals surface area contributed by atoms with Gasteiger partial charge in [0.25, 0.3) is 16.8 Å². The number of pyridine rings is 2. The Morgan fingerprint density at radius 1 is 1.14 bits per heavy atom. The van der Waals surface area contributed by atoms with Crippen LogP contribution in [0.1, 0.15) is 32.3 Å². The maximum atomic E-state index is 14.4. The molecule has 8 nitrogen and oxygen atoms in total. The van der Waals surface area contributed by atoms with Crippen LogP contribution in [0.5, 0.6) is 0 Å². The summed E-state index contributed by atoms with van der Waals surface area (Å²) in [6, 6.07) is 14.5. The van der Waals surface area contributed by atoms with E-state index in [0.717, 1.165) is 5.56 Å². The normalized spacial score (nSPS) is 15.2. The summed E-state index contributed by atoms with van der Waals surface area (Å²) in [5.41, 5.74) is 3.32. The fraction of sp³-hybridized carbons (Fsp3) is 0.273. The predicted octanol–water partition coefficient (Wildman–Crippen LogP) is 5.91. The molecule has 4 aromatic rings. The van der Waals surface area contributed by atoms with E-state index in [0.29, 0.717) is 58.1 Å². The molecule has 9 heteroatoms. The zero-order valence-electron chi connectivity index (χ0n) is 24.1. The van der Waals surface area contributed by atoms with Crippen molar-refractivity contribution in [1.29, 1.82) is 0 Å². The standard InChI is InChI=1S/C33H32ClN5O3/c1-7-29(40)37-14-15-38(21(4)19-37)32-25-17-26(34)24(22-12-13-36(6)30(41)16-22)18-28(25)39(33(42)31(32)35-5)27-11-9-8-10-23(27)20(2)3/h7-13,16-18,20-21H,1,14-15,19H2,2-4,6H3/t21-/m0/s1. The van der Waals surface area contributed by atoms with Crippen molar-refractivity contribution in [3.8, 4) is 16.8 Å². The molecule has 2 aromatic carbocycles. The first-order valence-electron chi connectivity index (χ1n) is 13.8. The van der Waals surface area contributed by atoms with Gasteiger partial charge in [0.2, 0.25) is 5.91 Å². The van der Waals surface area contributed by atoms with E-state index in [1.807, 2.05) is 48.2 Å². The number of amides is 1. The molecule has 1 fully saturated rings. The monoisotopic (exact) mass is 581 g/mol. The molecule has 5 rings (SSSR count). The van der Waals surface area contributed by atoms with E-state index < -0.39 is 5.56 Å². The predicted molar refractivity (Wildman–Crippen MR) is 169 cm³/mol. The van der Waals surface area contributed by atoms with Gasteiger partial charge >= 0.3 is 0 Å². The second-order valence-corrected chi connectivity index (χ2v) is 11.3. The Balaban J connectivity index is 1.87. The number of aromatic nitrogens is 2. The number of nitrogens with zero attached hydrogens (tertiary/aromatic N) is 5. The molecular formula is C33H32ClN5O3. The molecule has 1 aliphatic heterocycles. The van der Waals surface area contributed by atoms with E-state index in [1.165, 1.54) is 16.7 Å². The first kappa shape index (κ1) is 28.9. The molecule has 0 spiro atoms. The number of aryl methyl sites for hydroxylation is 1. The molecule has 0 radical (unpaired) electrons. The molecule has 0 saturated carbocycles. The van der Waals surface area contributed by atoms with Gasteiger partial charge in [-0.15, -0.1) is 0 Å².